The number of aromatic nitrogens is 1. The van der Waals surface area contributed by atoms with Crippen molar-refractivity contribution in [1.82, 2.24) is 4.98 Å². The Morgan fingerprint density at radius 2 is 2.07 bits per heavy atom. The number of nitrogens with one attached hydrogen (secondary N) is 1. The van der Waals surface area contributed by atoms with Crippen molar-refractivity contribution in [2.45, 2.75) is 0 Å². The van der Waals surface area contributed by atoms with Crippen LogP contribution in [0.3, 0.4) is 0 Å². The van der Waals surface area contributed by atoms with Gasteiger partial charge in [0.1, 0.15) is 5.15 Å². The molecular formula is C12H9ClN2. The molecule has 15 heavy (non-hydrogen) atoms. The highest BCUT2D eigenvalue weighted by Crippen LogP contribution is 2.29. The van der Waals surface area contributed by atoms with Gasteiger partial charge in [-0.3, -0.25) is 0 Å². The SMILES string of the molecule is Clc1ccc2ccc3c(c2n1)NCC=C3. The molecule has 0 fully saturated rings. The zero-order valence-corrected chi connectivity index (χ0v) is 8.75. The van der Waals surface area contributed by atoms with E-state index >= 15 is 0 Å². The van der Waals surface area contributed by atoms with Crippen molar-refractivity contribution in [3.8, 4) is 0 Å². The largest absolute Gasteiger partial charge is 0.379 e. The molecule has 0 amide bonds. The maximum Gasteiger partial charge on any atom is 0.129 e. The monoisotopic (exact) mass is 216 g/mol. The van der Waals surface area contributed by atoms with E-state index in [1.54, 1.807) is 0 Å². The van der Waals surface area contributed by atoms with Gasteiger partial charge in [0.05, 0.1) is 11.2 Å². The number of fused-ring (bicyclic) bond motifs is 3. The second-order valence-electron chi connectivity index (χ2n) is 3.52. The second kappa shape index (κ2) is 3.24. The highest BCUT2D eigenvalue weighted by atomic mass is 35.5. The number of anilines is 1. The molecule has 0 radical (unpaired) electrons. The molecule has 0 aliphatic carbocycles. The zero-order chi connectivity index (χ0) is 10.3. The van der Waals surface area contributed by atoms with Crippen LogP contribution in [0, 0.1) is 0 Å². The quantitative estimate of drug-likeness (QED) is 0.684. The molecular weight excluding hydrogens is 208 g/mol. The van der Waals surface area contributed by atoms with Gasteiger partial charge in [-0.1, -0.05) is 35.9 Å². The van der Waals surface area contributed by atoms with E-state index in [9.17, 15) is 0 Å². The van der Waals surface area contributed by atoms with Crippen LogP contribution in [0.15, 0.2) is 30.3 Å². The maximum absolute atomic E-state index is 5.90. The van der Waals surface area contributed by atoms with Crippen LogP contribution in [-0.2, 0) is 0 Å². The van der Waals surface area contributed by atoms with Crippen molar-refractivity contribution in [2.24, 2.45) is 0 Å². The Balaban J connectivity index is 2.40. The lowest BCUT2D eigenvalue weighted by Crippen LogP contribution is -2.05. The smallest absolute Gasteiger partial charge is 0.129 e. The number of nitrogens with zero attached hydrogens (tertiary/aromatic N) is 1. The molecule has 3 heteroatoms. The lowest BCUT2D eigenvalue weighted by Gasteiger charge is -2.14. The maximum atomic E-state index is 5.90. The molecule has 2 heterocycles. The molecule has 0 bridgehead atoms. The summed E-state index contributed by atoms with van der Waals surface area (Å²) in [7, 11) is 0. The fraction of sp³-hybridized carbons (Fsp3) is 0.0833. The molecule has 0 saturated carbocycles. The standard InChI is InChI=1S/C12H9ClN2/c13-10-6-5-9-4-3-8-2-1-7-14-11(8)12(9)15-10/h1-6,14H,7H2. The summed E-state index contributed by atoms with van der Waals surface area (Å²) >= 11 is 5.90. The molecule has 0 atom stereocenters. The first kappa shape index (κ1) is 8.74. The molecule has 1 N–H and O–H groups in total. The first-order valence-electron chi connectivity index (χ1n) is 4.84. The van der Waals surface area contributed by atoms with Gasteiger partial charge >= 0.3 is 0 Å². The first-order valence-corrected chi connectivity index (χ1v) is 5.22. The summed E-state index contributed by atoms with van der Waals surface area (Å²) in [5.74, 6) is 0. The lowest BCUT2D eigenvalue weighted by molar-refractivity contribution is 1.30. The summed E-state index contributed by atoms with van der Waals surface area (Å²) in [6.45, 7) is 0.848. The number of halogens is 1. The third-order valence-electron chi connectivity index (χ3n) is 2.55. The minimum Gasteiger partial charge on any atom is -0.379 e. The fourth-order valence-electron chi connectivity index (χ4n) is 1.85. The van der Waals surface area contributed by atoms with Gasteiger partial charge in [-0.2, -0.15) is 0 Å². The third kappa shape index (κ3) is 1.38. The Kier molecular flexibility index (Phi) is 1.89. The van der Waals surface area contributed by atoms with Crippen LogP contribution < -0.4 is 5.32 Å². The Bertz CT molecular complexity index is 561. The van der Waals surface area contributed by atoms with Gasteiger partial charge in [0.2, 0.25) is 0 Å². The van der Waals surface area contributed by atoms with E-state index in [0.717, 1.165) is 23.1 Å². The Hall–Kier alpha value is -1.54. The summed E-state index contributed by atoms with van der Waals surface area (Å²) in [4.78, 5) is 4.36. The Morgan fingerprint density at radius 3 is 3.00 bits per heavy atom. The molecule has 1 aliphatic rings. The molecule has 1 aromatic carbocycles. The van der Waals surface area contributed by atoms with Crippen LogP contribution in [0.25, 0.3) is 17.0 Å². The van der Waals surface area contributed by atoms with E-state index in [1.807, 2.05) is 12.1 Å². The van der Waals surface area contributed by atoms with Crippen LogP contribution >= 0.6 is 11.6 Å². The summed E-state index contributed by atoms with van der Waals surface area (Å²) in [6.07, 6.45) is 4.20. The average Bonchev–Trinajstić information content (AvgIpc) is 2.29. The van der Waals surface area contributed by atoms with Crippen molar-refractivity contribution in [2.75, 3.05) is 11.9 Å². The van der Waals surface area contributed by atoms with Gasteiger partial charge in [0.15, 0.2) is 0 Å². The van der Waals surface area contributed by atoms with Crippen LogP contribution in [0.2, 0.25) is 5.15 Å². The van der Waals surface area contributed by atoms with E-state index in [0.29, 0.717) is 5.15 Å². The summed E-state index contributed by atoms with van der Waals surface area (Å²) < 4.78 is 0. The van der Waals surface area contributed by atoms with Gasteiger partial charge in [-0.05, 0) is 17.7 Å². The average molecular weight is 217 g/mol. The molecule has 2 aromatic rings. The Morgan fingerprint density at radius 1 is 1.20 bits per heavy atom. The van der Waals surface area contributed by atoms with Gasteiger partial charge in [0, 0.05) is 11.9 Å². The zero-order valence-electron chi connectivity index (χ0n) is 8.00. The molecule has 2 nitrogen and oxygen atoms in total. The highest BCUT2D eigenvalue weighted by molar-refractivity contribution is 6.29. The molecule has 1 aliphatic heterocycles. The van der Waals surface area contributed by atoms with Crippen LogP contribution in [0.1, 0.15) is 5.56 Å². The van der Waals surface area contributed by atoms with E-state index < -0.39 is 0 Å². The molecule has 0 spiro atoms. The van der Waals surface area contributed by atoms with Crippen molar-refractivity contribution < 1.29 is 0 Å². The Labute approximate surface area is 92.6 Å². The number of benzene rings is 1. The van der Waals surface area contributed by atoms with E-state index in [1.165, 1.54) is 5.56 Å². The number of hydrogen-bond acceptors (Lipinski definition) is 2. The van der Waals surface area contributed by atoms with Gasteiger partial charge in [-0.25, -0.2) is 4.98 Å². The van der Waals surface area contributed by atoms with Gasteiger partial charge in [0.25, 0.3) is 0 Å². The summed E-state index contributed by atoms with van der Waals surface area (Å²) in [5.41, 5.74) is 3.20. The molecule has 0 saturated heterocycles. The number of rotatable bonds is 0. The number of hydrogen-bond donors (Lipinski definition) is 1. The van der Waals surface area contributed by atoms with E-state index in [2.05, 4.69) is 34.6 Å². The van der Waals surface area contributed by atoms with Gasteiger partial charge in [-0.15, -0.1) is 0 Å². The van der Waals surface area contributed by atoms with Gasteiger partial charge < -0.3 is 5.32 Å². The molecule has 1 aromatic heterocycles. The molecule has 3 rings (SSSR count). The van der Waals surface area contributed by atoms with Crippen LogP contribution in [0.5, 0.6) is 0 Å². The first-order chi connectivity index (χ1) is 7.34. The van der Waals surface area contributed by atoms with Crippen molar-refractivity contribution in [1.29, 1.82) is 0 Å². The van der Waals surface area contributed by atoms with Crippen molar-refractivity contribution in [3.63, 3.8) is 0 Å². The van der Waals surface area contributed by atoms with Crippen molar-refractivity contribution >= 4 is 34.3 Å². The lowest BCUT2D eigenvalue weighted by atomic mass is 10.1. The minimum absolute atomic E-state index is 0.534. The highest BCUT2D eigenvalue weighted by Gasteiger charge is 2.09. The van der Waals surface area contributed by atoms with E-state index in [-0.39, 0.29) is 0 Å². The summed E-state index contributed by atoms with van der Waals surface area (Å²) in [5, 5.41) is 4.97. The van der Waals surface area contributed by atoms with Crippen LogP contribution in [-0.4, -0.2) is 11.5 Å². The topological polar surface area (TPSA) is 24.9 Å². The molecule has 0 unspecified atom stereocenters. The number of pyridine rings is 1. The van der Waals surface area contributed by atoms with Crippen LogP contribution in [0.4, 0.5) is 5.69 Å². The second-order valence-corrected chi connectivity index (χ2v) is 3.91. The fourth-order valence-corrected chi connectivity index (χ4v) is 2.00. The predicted octanol–water partition coefficient (Wildman–Crippen LogP) is 3.33. The van der Waals surface area contributed by atoms with E-state index in [4.69, 9.17) is 11.6 Å². The molecule has 74 valence electrons. The minimum atomic E-state index is 0.534. The third-order valence-corrected chi connectivity index (χ3v) is 2.77. The summed E-state index contributed by atoms with van der Waals surface area (Å²) in [6, 6.07) is 7.96. The van der Waals surface area contributed by atoms with Crippen molar-refractivity contribution in [3.05, 3.63) is 41.1 Å². The predicted molar refractivity (Wildman–Crippen MR) is 64.3 cm³/mol. The normalized spacial score (nSPS) is 13.7.